The first-order valence-corrected chi connectivity index (χ1v) is 12.8. The van der Waals surface area contributed by atoms with Crippen LogP contribution in [0.1, 0.15) is 11.1 Å². The summed E-state index contributed by atoms with van der Waals surface area (Å²) >= 11 is 0. The van der Waals surface area contributed by atoms with Crippen molar-refractivity contribution in [1.82, 2.24) is 10.3 Å². The van der Waals surface area contributed by atoms with E-state index >= 15 is 0 Å². The van der Waals surface area contributed by atoms with Gasteiger partial charge in [-0.1, -0.05) is 36.4 Å². The smallest absolute Gasteiger partial charge is 0.231 e. The predicted molar refractivity (Wildman–Crippen MR) is 153 cm³/mol. The highest BCUT2D eigenvalue weighted by Gasteiger charge is 2.19. The van der Waals surface area contributed by atoms with Gasteiger partial charge in [0.25, 0.3) is 0 Å². The van der Waals surface area contributed by atoms with Crippen molar-refractivity contribution >= 4 is 49.4 Å². The summed E-state index contributed by atoms with van der Waals surface area (Å²) in [4.78, 5) is 30.8. The van der Waals surface area contributed by atoms with Gasteiger partial charge in [0.2, 0.25) is 6.79 Å². The molecule has 2 heterocycles. The van der Waals surface area contributed by atoms with Crippen molar-refractivity contribution in [2.45, 2.75) is 13.5 Å². The summed E-state index contributed by atoms with van der Waals surface area (Å²) in [7, 11) is 0. The van der Waals surface area contributed by atoms with Crippen LogP contribution in [0.15, 0.2) is 80.7 Å². The van der Waals surface area contributed by atoms with Crippen LogP contribution in [-0.4, -0.2) is 24.9 Å². The van der Waals surface area contributed by atoms with Gasteiger partial charge in [-0.15, -0.1) is 0 Å². The molecule has 8 nitrogen and oxygen atoms in total. The van der Waals surface area contributed by atoms with Crippen LogP contribution in [0.3, 0.4) is 0 Å². The number of hydrogen-bond acceptors (Lipinski definition) is 7. The summed E-state index contributed by atoms with van der Waals surface area (Å²) in [6.45, 7) is 4.04. The van der Waals surface area contributed by atoms with Gasteiger partial charge in [0.1, 0.15) is 0 Å². The number of H-pyrrole nitrogens is 1. The van der Waals surface area contributed by atoms with Gasteiger partial charge in [-0.05, 0) is 42.3 Å². The number of aryl methyl sites for hydroxylation is 1. The molecular weight excluding hydrogens is 494 g/mol. The largest absolute Gasteiger partial charge is 0.454 e. The number of nitrogens with one attached hydrogen (secondary N) is 3. The van der Waals surface area contributed by atoms with Gasteiger partial charge in [-0.25, -0.2) is 0 Å². The zero-order valence-corrected chi connectivity index (χ0v) is 21.2. The third-order valence-corrected chi connectivity index (χ3v) is 7.16. The van der Waals surface area contributed by atoms with Gasteiger partial charge in [0, 0.05) is 36.5 Å². The van der Waals surface area contributed by atoms with Crippen molar-refractivity contribution in [3.05, 3.63) is 98.3 Å². The molecule has 5 aromatic carbocycles. The molecule has 1 aliphatic rings. The lowest BCUT2D eigenvalue weighted by Crippen LogP contribution is -2.23. The summed E-state index contributed by atoms with van der Waals surface area (Å²) < 4.78 is 17.1. The van der Waals surface area contributed by atoms with Gasteiger partial charge < -0.3 is 29.5 Å². The first-order valence-electron chi connectivity index (χ1n) is 12.8. The van der Waals surface area contributed by atoms with E-state index in [0.29, 0.717) is 63.5 Å². The summed E-state index contributed by atoms with van der Waals surface area (Å²) in [5, 5.41) is 8.29. The molecule has 0 atom stereocenters. The average Bonchev–Trinajstić information content (AvgIpc) is 3.42. The van der Waals surface area contributed by atoms with Crippen LogP contribution >= 0.6 is 0 Å². The van der Waals surface area contributed by atoms with Gasteiger partial charge in [-0.3, -0.25) is 9.59 Å². The summed E-state index contributed by atoms with van der Waals surface area (Å²) in [5.74, 6) is 1.51. The van der Waals surface area contributed by atoms with E-state index < -0.39 is 0 Å². The molecule has 8 heteroatoms. The zero-order chi connectivity index (χ0) is 26.5. The Hall–Kier alpha value is -4.82. The van der Waals surface area contributed by atoms with Gasteiger partial charge in [0.15, 0.2) is 33.5 Å². The Bertz CT molecular complexity index is 2040. The van der Waals surface area contributed by atoms with E-state index in [-0.39, 0.29) is 17.7 Å². The number of anilines is 1. The fourth-order valence-electron chi connectivity index (χ4n) is 5.25. The molecule has 3 N–H and O–H groups in total. The molecule has 0 spiro atoms. The standard InChI is InChI=1S/C31H25N3O5/c1-17-6-8-21-24(12-17)39-26-14-22(33-11-10-32-15-18-7-9-23-25(13-18)38-16-37-23)27-28(29(26)34-21)31(36)20-5-3-2-4-19(20)30(27)35/h2-9,12-14,32-34H,10-11,15-16H2,1H3. The summed E-state index contributed by atoms with van der Waals surface area (Å²) in [6, 6.07) is 20.5. The molecule has 0 saturated heterocycles. The van der Waals surface area contributed by atoms with Crippen molar-refractivity contribution < 1.29 is 13.9 Å². The normalized spacial score (nSPS) is 12.6. The van der Waals surface area contributed by atoms with E-state index in [0.717, 1.165) is 28.1 Å². The minimum atomic E-state index is -0.201. The highest BCUT2D eigenvalue weighted by molar-refractivity contribution is 6.14. The molecule has 1 aromatic heterocycles. The number of rotatable bonds is 6. The number of aromatic amines is 1. The van der Waals surface area contributed by atoms with Crippen LogP contribution in [-0.2, 0) is 6.54 Å². The molecule has 0 aliphatic carbocycles. The van der Waals surface area contributed by atoms with E-state index in [9.17, 15) is 9.59 Å². The van der Waals surface area contributed by atoms with Crippen LogP contribution < -0.4 is 31.0 Å². The van der Waals surface area contributed by atoms with Crippen LogP contribution in [0.5, 0.6) is 11.5 Å². The number of fused-ring (bicyclic) bond motifs is 6. The lowest BCUT2D eigenvalue weighted by molar-refractivity contribution is 0.174. The topological polar surface area (TPSA) is 106 Å². The number of benzene rings is 5. The minimum Gasteiger partial charge on any atom is -0.454 e. The number of ether oxygens (including phenoxy) is 2. The molecule has 0 radical (unpaired) electrons. The van der Waals surface area contributed by atoms with Gasteiger partial charge in [-0.2, -0.15) is 0 Å². The predicted octanol–water partition coefficient (Wildman–Crippen LogP) is 5.18. The lowest BCUT2D eigenvalue weighted by atomic mass is 9.99. The van der Waals surface area contributed by atoms with Gasteiger partial charge >= 0.3 is 0 Å². The quantitative estimate of drug-likeness (QED) is 0.158. The first kappa shape index (κ1) is 23.3. The van der Waals surface area contributed by atoms with Crippen LogP contribution in [0.25, 0.3) is 43.7 Å². The highest BCUT2D eigenvalue weighted by atomic mass is 16.7. The zero-order valence-electron chi connectivity index (χ0n) is 21.2. The van der Waals surface area contributed by atoms with Crippen LogP contribution in [0.4, 0.5) is 5.69 Å². The SMILES string of the molecule is Cc1ccc2[nH]c3c(cc(NCCNCc4ccc5c(c4)OCO5)c4c(=O)c5ccccc5c(=O)c43)oc2c1. The Morgan fingerprint density at radius 1 is 0.821 bits per heavy atom. The lowest BCUT2D eigenvalue weighted by Gasteiger charge is -2.14. The molecule has 0 bridgehead atoms. The summed E-state index contributed by atoms with van der Waals surface area (Å²) in [6.07, 6.45) is 0. The second-order valence-electron chi connectivity index (χ2n) is 9.77. The molecule has 0 amide bonds. The maximum absolute atomic E-state index is 13.8. The Balaban J connectivity index is 1.27. The third kappa shape index (κ3) is 3.97. The Labute approximate surface area is 222 Å². The third-order valence-electron chi connectivity index (χ3n) is 7.16. The van der Waals surface area contributed by atoms with Crippen molar-refractivity contribution in [2.24, 2.45) is 0 Å². The molecule has 194 valence electrons. The van der Waals surface area contributed by atoms with Crippen LogP contribution in [0.2, 0.25) is 0 Å². The maximum atomic E-state index is 13.8. The average molecular weight is 520 g/mol. The maximum Gasteiger partial charge on any atom is 0.231 e. The fourth-order valence-corrected chi connectivity index (χ4v) is 5.25. The Morgan fingerprint density at radius 2 is 1.62 bits per heavy atom. The van der Waals surface area contributed by atoms with E-state index in [1.54, 1.807) is 24.3 Å². The molecule has 1 aliphatic heterocycles. The van der Waals surface area contributed by atoms with Crippen molar-refractivity contribution in [1.29, 1.82) is 0 Å². The molecule has 0 fully saturated rings. The summed E-state index contributed by atoms with van der Waals surface area (Å²) in [5.41, 5.74) is 4.77. The number of aromatic nitrogens is 1. The van der Waals surface area contributed by atoms with E-state index in [2.05, 4.69) is 15.6 Å². The Kier molecular flexibility index (Phi) is 5.49. The minimum absolute atomic E-state index is 0.185. The molecular formula is C31H25N3O5. The monoisotopic (exact) mass is 519 g/mol. The van der Waals surface area contributed by atoms with E-state index in [4.69, 9.17) is 13.9 Å². The molecule has 0 unspecified atom stereocenters. The van der Waals surface area contributed by atoms with Gasteiger partial charge in [0.05, 0.1) is 27.5 Å². The second kappa shape index (κ2) is 9.18. The first-order chi connectivity index (χ1) is 19.1. The van der Waals surface area contributed by atoms with Crippen molar-refractivity contribution in [2.75, 3.05) is 25.2 Å². The van der Waals surface area contributed by atoms with Crippen molar-refractivity contribution in [3.8, 4) is 11.5 Å². The Morgan fingerprint density at radius 3 is 2.46 bits per heavy atom. The highest BCUT2D eigenvalue weighted by Crippen LogP contribution is 2.33. The molecule has 0 saturated carbocycles. The van der Waals surface area contributed by atoms with E-state index in [1.165, 1.54) is 0 Å². The molecule has 6 aromatic rings. The fraction of sp³-hybridized carbons (Fsp3) is 0.161. The van der Waals surface area contributed by atoms with Crippen molar-refractivity contribution in [3.63, 3.8) is 0 Å². The molecule has 39 heavy (non-hydrogen) atoms. The number of hydrogen-bond donors (Lipinski definition) is 3. The second-order valence-corrected chi connectivity index (χ2v) is 9.77. The molecule has 7 rings (SSSR count). The van der Waals surface area contributed by atoms with E-state index in [1.807, 2.05) is 49.4 Å². The van der Waals surface area contributed by atoms with Crippen LogP contribution in [0, 0.1) is 6.92 Å².